The van der Waals surface area contributed by atoms with Crippen LogP contribution in [0, 0.1) is 13.8 Å². The van der Waals surface area contributed by atoms with Gasteiger partial charge in [0.05, 0.1) is 22.6 Å². The van der Waals surface area contributed by atoms with E-state index in [9.17, 15) is 14.7 Å². The molecule has 0 fully saturated rings. The summed E-state index contributed by atoms with van der Waals surface area (Å²) in [5, 5.41) is 10.5. The maximum Gasteiger partial charge on any atom is 0.255 e. The molecule has 6 heteroatoms. The molecule has 0 aliphatic rings. The third kappa shape index (κ3) is 4.26. The van der Waals surface area contributed by atoms with Crippen LogP contribution in [0.1, 0.15) is 33.5 Å². The van der Waals surface area contributed by atoms with Crippen LogP contribution in [0.15, 0.2) is 47.3 Å². The lowest BCUT2D eigenvalue weighted by molar-refractivity contribution is 0.0731. The molecule has 0 spiro atoms. The lowest BCUT2D eigenvalue weighted by Crippen LogP contribution is -2.34. The van der Waals surface area contributed by atoms with Gasteiger partial charge in [-0.15, -0.1) is 0 Å². The number of aromatic amines is 1. The van der Waals surface area contributed by atoms with E-state index in [4.69, 9.17) is 11.6 Å². The number of aliphatic hydroxyl groups excluding tert-OH is 1. The predicted octanol–water partition coefficient (Wildman–Crippen LogP) is 3.82. The Morgan fingerprint density at radius 3 is 2.64 bits per heavy atom. The Labute approximate surface area is 168 Å². The summed E-state index contributed by atoms with van der Waals surface area (Å²) in [7, 11) is 0. The van der Waals surface area contributed by atoms with Crippen LogP contribution in [0.2, 0.25) is 5.02 Å². The third-order valence-corrected chi connectivity index (χ3v) is 5.04. The molecule has 1 amide bonds. The van der Waals surface area contributed by atoms with E-state index >= 15 is 0 Å². The highest BCUT2D eigenvalue weighted by molar-refractivity contribution is 6.33. The summed E-state index contributed by atoms with van der Waals surface area (Å²) in [5.74, 6) is -0.265. The molecule has 2 aromatic carbocycles. The molecule has 0 aliphatic heterocycles. The summed E-state index contributed by atoms with van der Waals surface area (Å²) in [6, 6.07) is 12.7. The first-order valence-corrected chi connectivity index (χ1v) is 9.56. The van der Waals surface area contributed by atoms with Crippen molar-refractivity contribution in [1.29, 1.82) is 0 Å². The average molecular weight is 399 g/mol. The molecule has 146 valence electrons. The van der Waals surface area contributed by atoms with Gasteiger partial charge in [-0.05, 0) is 55.5 Å². The zero-order valence-electron chi connectivity index (χ0n) is 16.0. The van der Waals surface area contributed by atoms with Crippen LogP contribution in [-0.2, 0) is 6.54 Å². The van der Waals surface area contributed by atoms with Crippen molar-refractivity contribution in [2.45, 2.75) is 26.8 Å². The van der Waals surface area contributed by atoms with Gasteiger partial charge < -0.3 is 15.0 Å². The molecule has 0 saturated heterocycles. The zero-order chi connectivity index (χ0) is 20.3. The van der Waals surface area contributed by atoms with Crippen molar-refractivity contribution in [3.8, 4) is 0 Å². The summed E-state index contributed by atoms with van der Waals surface area (Å²) in [4.78, 5) is 30.1. The molecule has 3 aromatic rings. The average Bonchev–Trinajstić information content (AvgIpc) is 2.66. The van der Waals surface area contributed by atoms with Gasteiger partial charge in [-0.2, -0.15) is 0 Å². The molecule has 28 heavy (non-hydrogen) atoms. The molecule has 0 saturated carbocycles. The fourth-order valence-electron chi connectivity index (χ4n) is 3.37. The van der Waals surface area contributed by atoms with E-state index in [1.807, 2.05) is 32.0 Å². The van der Waals surface area contributed by atoms with Crippen molar-refractivity contribution in [3.63, 3.8) is 0 Å². The zero-order valence-corrected chi connectivity index (χ0v) is 16.7. The molecule has 1 heterocycles. The molecular weight excluding hydrogens is 376 g/mol. The number of aliphatic hydroxyl groups is 1. The number of aryl methyl sites for hydroxylation is 2. The smallest absolute Gasteiger partial charge is 0.255 e. The normalized spacial score (nSPS) is 11.0. The van der Waals surface area contributed by atoms with Gasteiger partial charge in [0.1, 0.15) is 0 Å². The van der Waals surface area contributed by atoms with E-state index in [0.717, 1.165) is 22.0 Å². The van der Waals surface area contributed by atoms with E-state index in [2.05, 4.69) is 4.98 Å². The van der Waals surface area contributed by atoms with Gasteiger partial charge >= 0.3 is 0 Å². The number of hydrogen-bond acceptors (Lipinski definition) is 3. The van der Waals surface area contributed by atoms with Crippen LogP contribution in [0.5, 0.6) is 0 Å². The Bertz CT molecular complexity index is 1080. The van der Waals surface area contributed by atoms with Crippen LogP contribution >= 0.6 is 11.6 Å². The number of pyridine rings is 1. The summed E-state index contributed by atoms with van der Waals surface area (Å²) in [6.07, 6.45) is 0.417. The maximum atomic E-state index is 13.0. The van der Waals surface area contributed by atoms with Crippen LogP contribution in [0.4, 0.5) is 0 Å². The SMILES string of the molecule is Cc1cc(C)c2[nH]c(=O)c(CN(CCCO)C(=O)c3ccccc3Cl)cc2c1. The second kappa shape index (κ2) is 8.59. The molecule has 2 N–H and O–H groups in total. The second-order valence-electron chi connectivity index (χ2n) is 6.95. The van der Waals surface area contributed by atoms with Crippen molar-refractivity contribution in [2.24, 2.45) is 0 Å². The Morgan fingerprint density at radius 1 is 1.18 bits per heavy atom. The number of aromatic nitrogens is 1. The molecule has 1 aromatic heterocycles. The Kier molecular flexibility index (Phi) is 6.17. The number of nitrogens with zero attached hydrogens (tertiary/aromatic N) is 1. The number of H-pyrrole nitrogens is 1. The monoisotopic (exact) mass is 398 g/mol. The van der Waals surface area contributed by atoms with Crippen molar-refractivity contribution in [1.82, 2.24) is 9.88 Å². The van der Waals surface area contributed by atoms with Gasteiger partial charge in [-0.25, -0.2) is 0 Å². The van der Waals surface area contributed by atoms with Gasteiger partial charge in [-0.1, -0.05) is 35.4 Å². The topological polar surface area (TPSA) is 73.4 Å². The fraction of sp³-hybridized carbons (Fsp3) is 0.273. The van der Waals surface area contributed by atoms with E-state index in [1.165, 1.54) is 0 Å². The highest BCUT2D eigenvalue weighted by atomic mass is 35.5. The highest BCUT2D eigenvalue weighted by Gasteiger charge is 2.20. The van der Waals surface area contributed by atoms with Crippen molar-refractivity contribution < 1.29 is 9.90 Å². The summed E-state index contributed by atoms with van der Waals surface area (Å²) < 4.78 is 0. The maximum absolute atomic E-state index is 13.0. The van der Waals surface area contributed by atoms with Crippen molar-refractivity contribution in [2.75, 3.05) is 13.2 Å². The molecular formula is C22H23ClN2O3. The minimum atomic E-state index is -0.265. The van der Waals surface area contributed by atoms with E-state index in [0.29, 0.717) is 29.1 Å². The lowest BCUT2D eigenvalue weighted by Gasteiger charge is -2.23. The van der Waals surface area contributed by atoms with Crippen molar-refractivity contribution in [3.05, 3.63) is 80.1 Å². The molecule has 0 atom stereocenters. The van der Waals surface area contributed by atoms with Crippen LogP contribution in [0.25, 0.3) is 10.9 Å². The fourth-order valence-corrected chi connectivity index (χ4v) is 3.59. The molecule has 0 radical (unpaired) electrons. The quantitative estimate of drug-likeness (QED) is 0.662. The van der Waals surface area contributed by atoms with Gasteiger partial charge in [0.2, 0.25) is 0 Å². The van der Waals surface area contributed by atoms with E-state index in [1.54, 1.807) is 29.2 Å². The molecule has 0 bridgehead atoms. The van der Waals surface area contributed by atoms with Gasteiger partial charge in [0.25, 0.3) is 11.5 Å². The van der Waals surface area contributed by atoms with E-state index in [-0.39, 0.29) is 24.6 Å². The number of fused-ring (bicyclic) bond motifs is 1. The van der Waals surface area contributed by atoms with Gasteiger partial charge in [0, 0.05) is 18.7 Å². The van der Waals surface area contributed by atoms with Crippen LogP contribution < -0.4 is 5.56 Å². The Morgan fingerprint density at radius 2 is 1.93 bits per heavy atom. The predicted molar refractivity (Wildman–Crippen MR) is 112 cm³/mol. The molecule has 0 aliphatic carbocycles. The lowest BCUT2D eigenvalue weighted by atomic mass is 10.0. The number of hydrogen-bond donors (Lipinski definition) is 2. The molecule has 0 unspecified atom stereocenters. The van der Waals surface area contributed by atoms with Crippen molar-refractivity contribution >= 4 is 28.4 Å². The number of benzene rings is 2. The number of carbonyl (C=O) groups excluding carboxylic acids is 1. The molecule has 5 nitrogen and oxygen atoms in total. The number of amides is 1. The number of halogens is 1. The van der Waals surface area contributed by atoms with Crippen LogP contribution in [-0.4, -0.2) is 34.0 Å². The Balaban J connectivity index is 1.99. The minimum Gasteiger partial charge on any atom is -0.396 e. The number of nitrogens with one attached hydrogen (secondary N) is 1. The second-order valence-corrected chi connectivity index (χ2v) is 7.36. The van der Waals surface area contributed by atoms with Gasteiger partial charge in [0.15, 0.2) is 0 Å². The highest BCUT2D eigenvalue weighted by Crippen LogP contribution is 2.21. The first kappa shape index (κ1) is 20.1. The number of rotatable bonds is 6. The summed E-state index contributed by atoms with van der Waals surface area (Å²) in [5.41, 5.74) is 3.57. The first-order chi connectivity index (χ1) is 13.4. The summed E-state index contributed by atoms with van der Waals surface area (Å²) >= 11 is 6.18. The minimum absolute atomic E-state index is 0.0429. The van der Waals surface area contributed by atoms with Crippen LogP contribution in [0.3, 0.4) is 0 Å². The first-order valence-electron chi connectivity index (χ1n) is 9.18. The molecule has 3 rings (SSSR count). The number of carbonyl (C=O) groups is 1. The third-order valence-electron chi connectivity index (χ3n) is 4.71. The standard InChI is InChI=1S/C22H23ClN2O3/c1-14-10-15(2)20-16(11-14)12-17(21(27)24-20)13-25(8-5-9-26)22(28)18-6-3-4-7-19(18)23/h3-4,6-7,10-12,26H,5,8-9,13H2,1-2H3,(H,24,27). The largest absolute Gasteiger partial charge is 0.396 e. The summed E-state index contributed by atoms with van der Waals surface area (Å²) in [6.45, 7) is 4.39. The Hall–Kier alpha value is -2.63. The van der Waals surface area contributed by atoms with E-state index < -0.39 is 0 Å². The van der Waals surface area contributed by atoms with Gasteiger partial charge in [-0.3, -0.25) is 9.59 Å².